The fourth-order valence-corrected chi connectivity index (χ4v) is 2.61. The molecule has 0 atom stereocenters. The Morgan fingerprint density at radius 2 is 2.15 bits per heavy atom. The average Bonchev–Trinajstić information content (AvgIpc) is 2.80. The predicted molar refractivity (Wildman–Crippen MR) is 84.2 cm³/mol. The second-order valence-corrected chi connectivity index (χ2v) is 5.78. The van der Waals surface area contributed by atoms with Crippen LogP contribution >= 0.6 is 27.5 Å². The molecule has 2 aromatic heterocycles. The van der Waals surface area contributed by atoms with E-state index < -0.39 is 0 Å². The van der Waals surface area contributed by atoms with E-state index in [4.69, 9.17) is 11.6 Å². The predicted octanol–water partition coefficient (Wildman–Crippen LogP) is 3.78. The Balaban J connectivity index is 1.88. The minimum absolute atomic E-state index is 0.741. The maximum Gasteiger partial charge on any atom is 0.154 e. The van der Waals surface area contributed by atoms with Crippen molar-refractivity contribution in [3.05, 3.63) is 57.8 Å². The quantitative estimate of drug-likeness (QED) is 0.720. The van der Waals surface area contributed by atoms with E-state index >= 15 is 0 Å². The number of anilines is 1. The van der Waals surface area contributed by atoms with Crippen LogP contribution in [0.15, 0.2) is 47.2 Å². The molecule has 0 saturated carbocycles. The molecule has 0 unspecified atom stereocenters. The van der Waals surface area contributed by atoms with Crippen LogP contribution < -0.4 is 4.90 Å². The van der Waals surface area contributed by atoms with Gasteiger partial charge in [-0.05, 0) is 45.8 Å². The van der Waals surface area contributed by atoms with Crippen molar-refractivity contribution in [3.63, 3.8) is 0 Å². The van der Waals surface area contributed by atoms with Gasteiger partial charge in [0.15, 0.2) is 5.65 Å². The first-order chi connectivity index (χ1) is 9.63. The third-order valence-electron chi connectivity index (χ3n) is 3.01. The Kier molecular flexibility index (Phi) is 3.63. The van der Waals surface area contributed by atoms with Crippen LogP contribution in [0.3, 0.4) is 0 Å². The highest BCUT2D eigenvalue weighted by Crippen LogP contribution is 2.18. The first-order valence-corrected chi connectivity index (χ1v) is 7.26. The lowest BCUT2D eigenvalue weighted by Crippen LogP contribution is -2.18. The van der Waals surface area contributed by atoms with E-state index in [1.54, 1.807) is 10.7 Å². The van der Waals surface area contributed by atoms with Crippen LogP contribution in [0, 0.1) is 0 Å². The van der Waals surface area contributed by atoms with E-state index in [2.05, 4.69) is 30.9 Å². The Morgan fingerprint density at radius 1 is 1.30 bits per heavy atom. The van der Waals surface area contributed by atoms with Gasteiger partial charge >= 0.3 is 0 Å². The third-order valence-corrected chi connectivity index (χ3v) is 3.78. The summed E-state index contributed by atoms with van der Waals surface area (Å²) in [5.74, 6) is 0.871. The van der Waals surface area contributed by atoms with E-state index in [-0.39, 0.29) is 0 Å². The maximum absolute atomic E-state index is 6.01. The van der Waals surface area contributed by atoms with Crippen LogP contribution in [0.5, 0.6) is 0 Å². The number of halogens is 2. The summed E-state index contributed by atoms with van der Waals surface area (Å²) in [6, 6.07) is 11.7. The van der Waals surface area contributed by atoms with Crippen LogP contribution in [0.25, 0.3) is 5.65 Å². The molecule has 4 nitrogen and oxygen atoms in total. The molecule has 0 amide bonds. The van der Waals surface area contributed by atoms with Crippen LogP contribution in [0.1, 0.15) is 5.56 Å². The molecule has 0 aliphatic heterocycles. The van der Waals surface area contributed by atoms with Crippen molar-refractivity contribution in [2.45, 2.75) is 6.54 Å². The van der Waals surface area contributed by atoms with Gasteiger partial charge in [0.05, 0.1) is 6.20 Å². The fraction of sp³-hybridized carbons (Fsp3) is 0.143. The molecule has 3 rings (SSSR count). The first-order valence-electron chi connectivity index (χ1n) is 6.09. The summed E-state index contributed by atoms with van der Waals surface area (Å²) in [6.07, 6.45) is 1.74. The zero-order valence-electron chi connectivity index (χ0n) is 10.8. The molecule has 1 aromatic carbocycles. The van der Waals surface area contributed by atoms with Gasteiger partial charge in [0.2, 0.25) is 0 Å². The van der Waals surface area contributed by atoms with Gasteiger partial charge in [0.1, 0.15) is 10.4 Å². The fourth-order valence-electron chi connectivity index (χ4n) is 2.03. The summed E-state index contributed by atoms with van der Waals surface area (Å²) in [5.41, 5.74) is 1.96. The summed E-state index contributed by atoms with van der Waals surface area (Å²) in [4.78, 5) is 6.30. The Bertz CT molecular complexity index is 756. The molecular formula is C14H12BrClN4. The molecule has 0 fully saturated rings. The molecule has 0 aliphatic rings. The van der Waals surface area contributed by atoms with Crippen molar-refractivity contribution in [1.82, 2.24) is 14.6 Å². The Morgan fingerprint density at radius 3 is 2.95 bits per heavy atom. The van der Waals surface area contributed by atoms with Gasteiger partial charge in [-0.1, -0.05) is 23.7 Å². The Hall–Kier alpha value is -1.59. The molecule has 6 heteroatoms. The summed E-state index contributed by atoms with van der Waals surface area (Å²) in [6.45, 7) is 0.741. The Labute approximate surface area is 130 Å². The van der Waals surface area contributed by atoms with Gasteiger partial charge < -0.3 is 4.90 Å². The smallest absolute Gasteiger partial charge is 0.154 e. The van der Waals surface area contributed by atoms with Crippen LogP contribution in [-0.2, 0) is 6.54 Å². The van der Waals surface area contributed by atoms with Gasteiger partial charge in [-0.15, -0.1) is 5.10 Å². The molecular weight excluding hydrogens is 340 g/mol. The van der Waals surface area contributed by atoms with Crippen LogP contribution in [-0.4, -0.2) is 21.6 Å². The molecule has 0 radical (unpaired) electrons. The molecule has 0 aliphatic carbocycles. The average molecular weight is 352 g/mol. The second-order valence-electron chi connectivity index (χ2n) is 4.53. The number of aromatic nitrogens is 3. The molecule has 20 heavy (non-hydrogen) atoms. The van der Waals surface area contributed by atoms with Gasteiger partial charge in [-0.25, -0.2) is 9.50 Å². The highest BCUT2D eigenvalue weighted by Gasteiger charge is 2.07. The molecule has 3 aromatic rings. The molecule has 0 spiro atoms. The zero-order chi connectivity index (χ0) is 14.1. The maximum atomic E-state index is 6.01. The highest BCUT2D eigenvalue weighted by atomic mass is 79.9. The SMILES string of the molecule is CN(Cc1cccc(Cl)c1)c1ccc2ncc(Br)n2n1. The molecule has 0 bridgehead atoms. The van der Waals surface area contributed by atoms with E-state index in [0.29, 0.717) is 0 Å². The zero-order valence-corrected chi connectivity index (χ0v) is 13.1. The van der Waals surface area contributed by atoms with Crippen LogP contribution in [0.2, 0.25) is 5.02 Å². The molecule has 2 heterocycles. The van der Waals surface area contributed by atoms with E-state index in [9.17, 15) is 0 Å². The van der Waals surface area contributed by atoms with Crippen molar-refractivity contribution in [3.8, 4) is 0 Å². The largest absolute Gasteiger partial charge is 0.354 e. The van der Waals surface area contributed by atoms with E-state index in [0.717, 1.165) is 33.2 Å². The minimum Gasteiger partial charge on any atom is -0.354 e. The van der Waals surface area contributed by atoms with E-state index in [1.807, 2.05) is 43.4 Å². The minimum atomic E-state index is 0.741. The number of rotatable bonds is 3. The monoisotopic (exact) mass is 350 g/mol. The molecule has 102 valence electrons. The van der Waals surface area contributed by atoms with Gasteiger partial charge in [-0.2, -0.15) is 0 Å². The van der Waals surface area contributed by atoms with Crippen molar-refractivity contribution >= 4 is 39.0 Å². The molecule has 0 N–H and O–H groups in total. The van der Waals surface area contributed by atoms with Crippen molar-refractivity contribution in [2.75, 3.05) is 11.9 Å². The lowest BCUT2D eigenvalue weighted by molar-refractivity contribution is 0.834. The van der Waals surface area contributed by atoms with Gasteiger partial charge in [0.25, 0.3) is 0 Å². The number of hydrogen-bond acceptors (Lipinski definition) is 3. The third kappa shape index (κ3) is 2.64. The lowest BCUT2D eigenvalue weighted by atomic mass is 10.2. The van der Waals surface area contributed by atoms with Crippen LogP contribution in [0.4, 0.5) is 5.82 Å². The number of benzene rings is 1. The number of imidazole rings is 1. The topological polar surface area (TPSA) is 33.4 Å². The number of fused-ring (bicyclic) bond motifs is 1. The lowest BCUT2D eigenvalue weighted by Gasteiger charge is -2.18. The number of nitrogens with zero attached hydrogens (tertiary/aromatic N) is 4. The standard InChI is InChI=1S/C14H12BrClN4/c1-19(9-10-3-2-4-11(16)7-10)14-6-5-13-17-8-12(15)20(13)18-14/h2-8H,9H2,1H3. The summed E-state index contributed by atoms with van der Waals surface area (Å²) < 4.78 is 2.61. The van der Waals surface area contributed by atoms with Crippen molar-refractivity contribution in [1.29, 1.82) is 0 Å². The van der Waals surface area contributed by atoms with E-state index in [1.165, 1.54) is 0 Å². The normalized spacial score (nSPS) is 10.9. The number of hydrogen-bond donors (Lipinski definition) is 0. The summed E-state index contributed by atoms with van der Waals surface area (Å²) in [7, 11) is 2.00. The highest BCUT2D eigenvalue weighted by molar-refractivity contribution is 9.10. The summed E-state index contributed by atoms with van der Waals surface area (Å²) >= 11 is 9.43. The first kappa shape index (κ1) is 13.4. The molecule has 0 saturated heterocycles. The summed E-state index contributed by atoms with van der Waals surface area (Å²) in [5, 5.41) is 5.30. The van der Waals surface area contributed by atoms with Crippen molar-refractivity contribution < 1.29 is 0 Å². The van der Waals surface area contributed by atoms with Gasteiger partial charge in [-0.3, -0.25) is 0 Å². The second kappa shape index (κ2) is 5.42. The van der Waals surface area contributed by atoms with Crippen molar-refractivity contribution in [2.24, 2.45) is 0 Å². The van der Waals surface area contributed by atoms with Gasteiger partial charge in [0, 0.05) is 18.6 Å².